The predicted octanol–water partition coefficient (Wildman–Crippen LogP) is 19.6. The molecule has 6 heteroatoms. The van der Waals surface area contributed by atoms with Crippen LogP contribution in [0.5, 0.6) is 0 Å². The summed E-state index contributed by atoms with van der Waals surface area (Å²) in [5, 5.41) is 0. The maximum atomic E-state index is 12.8. The molecule has 0 rings (SSSR count). The van der Waals surface area contributed by atoms with Gasteiger partial charge in [0.25, 0.3) is 0 Å². The molecule has 0 saturated heterocycles. The number of hydrogen-bond acceptors (Lipinski definition) is 6. The molecule has 0 aromatic heterocycles. The van der Waals surface area contributed by atoms with Gasteiger partial charge in [-0.2, -0.15) is 0 Å². The van der Waals surface area contributed by atoms with Crippen LogP contribution in [0.1, 0.15) is 297 Å². The summed E-state index contributed by atoms with van der Waals surface area (Å²) in [7, 11) is 0. The van der Waals surface area contributed by atoms with Crippen LogP contribution in [-0.2, 0) is 28.6 Å². The lowest BCUT2D eigenvalue weighted by molar-refractivity contribution is -0.167. The van der Waals surface area contributed by atoms with Gasteiger partial charge in [-0.1, -0.05) is 248 Å². The zero-order valence-corrected chi connectivity index (χ0v) is 45.1. The minimum Gasteiger partial charge on any atom is -0.462 e. The molecule has 0 aliphatic heterocycles. The van der Waals surface area contributed by atoms with Crippen molar-refractivity contribution in [1.82, 2.24) is 0 Å². The van der Waals surface area contributed by atoms with Gasteiger partial charge >= 0.3 is 17.9 Å². The van der Waals surface area contributed by atoms with Crippen LogP contribution in [0, 0.1) is 0 Å². The Morgan fingerprint density at radius 3 is 0.882 bits per heavy atom. The summed E-state index contributed by atoms with van der Waals surface area (Å²) in [4.78, 5) is 38.1. The van der Waals surface area contributed by atoms with Crippen molar-refractivity contribution in [2.45, 2.75) is 303 Å². The Balaban J connectivity index is 4.37. The average molecular weight is 952 g/mol. The van der Waals surface area contributed by atoms with E-state index in [2.05, 4.69) is 81.5 Å². The Bertz CT molecular complexity index is 1230. The molecule has 0 bridgehead atoms. The van der Waals surface area contributed by atoms with E-state index < -0.39 is 6.10 Å². The second-order valence-electron chi connectivity index (χ2n) is 19.6. The zero-order chi connectivity index (χ0) is 49.3. The summed E-state index contributed by atoms with van der Waals surface area (Å²) >= 11 is 0. The van der Waals surface area contributed by atoms with Gasteiger partial charge in [-0.15, -0.1) is 0 Å². The third-order valence-corrected chi connectivity index (χ3v) is 12.7. The van der Waals surface area contributed by atoms with E-state index >= 15 is 0 Å². The molecule has 0 aliphatic rings. The van der Waals surface area contributed by atoms with Crippen molar-refractivity contribution in [2.75, 3.05) is 13.2 Å². The standard InChI is InChI=1S/C62H110O6/c1-4-7-10-13-16-19-22-25-27-29-31-33-35-37-40-42-45-48-51-54-60(63)66-57-59(68-62(65)56-53-50-47-44-39-24-21-18-15-12-9-6-3)58-67-61(64)55-52-49-46-43-41-38-36-34-32-30-28-26-23-20-17-14-11-8-5-2/h16,19,25-28,31,33,37,40,59H,4-15,17-18,20-24,29-30,32,34-36,38-39,41-58H2,1-3H3/b19-16-,27-25-,28-26-,33-31-,40-37-/t59-/m1/s1. The van der Waals surface area contributed by atoms with E-state index in [4.69, 9.17) is 14.2 Å². The third-order valence-electron chi connectivity index (χ3n) is 12.7. The quantitative estimate of drug-likeness (QED) is 0.0262. The Morgan fingerprint density at radius 1 is 0.294 bits per heavy atom. The maximum absolute atomic E-state index is 12.8. The van der Waals surface area contributed by atoms with Gasteiger partial charge in [0.15, 0.2) is 6.10 Å². The average Bonchev–Trinajstić information content (AvgIpc) is 3.34. The fraction of sp³-hybridized carbons (Fsp3) is 0.790. The lowest BCUT2D eigenvalue weighted by atomic mass is 10.0. The first-order valence-electron chi connectivity index (χ1n) is 29.3. The summed E-state index contributed by atoms with van der Waals surface area (Å²) in [5.74, 6) is -0.905. The summed E-state index contributed by atoms with van der Waals surface area (Å²) < 4.78 is 16.8. The normalized spacial score (nSPS) is 12.5. The van der Waals surface area contributed by atoms with Gasteiger partial charge in [-0.05, 0) is 89.9 Å². The fourth-order valence-electron chi connectivity index (χ4n) is 8.30. The number of allylic oxidation sites excluding steroid dienone is 10. The van der Waals surface area contributed by atoms with E-state index in [-0.39, 0.29) is 31.1 Å². The number of hydrogen-bond donors (Lipinski definition) is 0. The SMILES string of the molecule is CCCCC/C=C\C/C=C\C/C=C\C/C=C\CCCCCC(=O)OC[C@H](COC(=O)CCCCCCCCCCC/C=C\CCCCCCCC)OC(=O)CCCCCCCCCCCCCC. The lowest BCUT2D eigenvalue weighted by Crippen LogP contribution is -2.30. The first-order chi connectivity index (χ1) is 33.5. The van der Waals surface area contributed by atoms with Crippen molar-refractivity contribution >= 4 is 17.9 Å². The minimum absolute atomic E-state index is 0.0830. The highest BCUT2D eigenvalue weighted by molar-refractivity contribution is 5.71. The van der Waals surface area contributed by atoms with Gasteiger partial charge in [0, 0.05) is 19.3 Å². The molecule has 0 aliphatic carbocycles. The fourth-order valence-corrected chi connectivity index (χ4v) is 8.30. The molecule has 394 valence electrons. The number of unbranched alkanes of at least 4 members (excludes halogenated alkanes) is 32. The number of rotatable bonds is 53. The highest BCUT2D eigenvalue weighted by Crippen LogP contribution is 2.16. The zero-order valence-electron chi connectivity index (χ0n) is 45.1. The molecular formula is C62H110O6. The van der Waals surface area contributed by atoms with E-state index in [1.807, 2.05) is 0 Å². The molecule has 0 aromatic rings. The number of esters is 3. The molecule has 0 saturated carbocycles. The van der Waals surface area contributed by atoms with Gasteiger partial charge in [0.2, 0.25) is 0 Å². The van der Waals surface area contributed by atoms with Gasteiger partial charge in [-0.3, -0.25) is 14.4 Å². The van der Waals surface area contributed by atoms with Crippen molar-refractivity contribution in [3.8, 4) is 0 Å². The third kappa shape index (κ3) is 54.1. The summed E-state index contributed by atoms with van der Waals surface area (Å²) in [5.41, 5.74) is 0. The molecule has 0 heterocycles. The molecule has 0 N–H and O–H groups in total. The van der Waals surface area contributed by atoms with Crippen molar-refractivity contribution in [3.63, 3.8) is 0 Å². The topological polar surface area (TPSA) is 78.9 Å². The van der Waals surface area contributed by atoms with Crippen molar-refractivity contribution in [3.05, 3.63) is 60.8 Å². The van der Waals surface area contributed by atoms with Gasteiger partial charge < -0.3 is 14.2 Å². The van der Waals surface area contributed by atoms with Gasteiger partial charge in [0.05, 0.1) is 0 Å². The van der Waals surface area contributed by atoms with Crippen molar-refractivity contribution < 1.29 is 28.6 Å². The van der Waals surface area contributed by atoms with E-state index in [1.165, 1.54) is 173 Å². The molecule has 0 aromatic carbocycles. The van der Waals surface area contributed by atoms with E-state index in [9.17, 15) is 14.4 Å². The van der Waals surface area contributed by atoms with Crippen LogP contribution in [-0.4, -0.2) is 37.2 Å². The summed E-state index contributed by atoms with van der Waals surface area (Å²) in [6, 6.07) is 0. The molecular weight excluding hydrogens is 841 g/mol. The van der Waals surface area contributed by atoms with Crippen LogP contribution in [0.15, 0.2) is 60.8 Å². The van der Waals surface area contributed by atoms with Gasteiger partial charge in [0.1, 0.15) is 13.2 Å². The molecule has 6 nitrogen and oxygen atoms in total. The second-order valence-corrected chi connectivity index (χ2v) is 19.6. The van der Waals surface area contributed by atoms with E-state index in [1.54, 1.807) is 0 Å². The second kappa shape index (κ2) is 56.7. The first-order valence-corrected chi connectivity index (χ1v) is 29.3. The molecule has 0 spiro atoms. The van der Waals surface area contributed by atoms with Crippen LogP contribution >= 0.6 is 0 Å². The van der Waals surface area contributed by atoms with Crippen LogP contribution < -0.4 is 0 Å². The van der Waals surface area contributed by atoms with Gasteiger partial charge in [-0.25, -0.2) is 0 Å². The lowest BCUT2D eigenvalue weighted by Gasteiger charge is -2.18. The molecule has 0 unspecified atom stereocenters. The van der Waals surface area contributed by atoms with Crippen molar-refractivity contribution in [2.24, 2.45) is 0 Å². The highest BCUT2D eigenvalue weighted by atomic mass is 16.6. The Labute approximate surface area is 421 Å². The minimum atomic E-state index is -0.786. The number of carbonyl (C=O) groups is 3. The molecule has 0 fully saturated rings. The molecule has 68 heavy (non-hydrogen) atoms. The van der Waals surface area contributed by atoms with Crippen LogP contribution in [0.2, 0.25) is 0 Å². The number of carbonyl (C=O) groups excluding carboxylic acids is 3. The Morgan fingerprint density at radius 2 is 0.529 bits per heavy atom. The maximum Gasteiger partial charge on any atom is 0.306 e. The van der Waals surface area contributed by atoms with E-state index in [0.29, 0.717) is 19.3 Å². The van der Waals surface area contributed by atoms with Crippen molar-refractivity contribution in [1.29, 1.82) is 0 Å². The molecule has 0 amide bonds. The van der Waals surface area contributed by atoms with Crippen LogP contribution in [0.25, 0.3) is 0 Å². The Kier molecular flexibility index (Phi) is 54.3. The monoisotopic (exact) mass is 951 g/mol. The van der Waals surface area contributed by atoms with Crippen LogP contribution in [0.3, 0.4) is 0 Å². The largest absolute Gasteiger partial charge is 0.462 e. The first kappa shape index (κ1) is 65.1. The Hall–Kier alpha value is -2.89. The molecule has 0 radical (unpaired) electrons. The summed E-state index contributed by atoms with van der Waals surface area (Å²) in [6.45, 7) is 6.60. The van der Waals surface area contributed by atoms with Crippen LogP contribution in [0.4, 0.5) is 0 Å². The van der Waals surface area contributed by atoms with E-state index in [0.717, 1.165) is 83.5 Å². The molecule has 1 atom stereocenters. The summed E-state index contributed by atoms with van der Waals surface area (Å²) in [6.07, 6.45) is 70.7. The highest BCUT2D eigenvalue weighted by Gasteiger charge is 2.19. The number of ether oxygens (including phenoxy) is 3. The smallest absolute Gasteiger partial charge is 0.306 e. The predicted molar refractivity (Wildman–Crippen MR) is 293 cm³/mol.